The van der Waals surface area contributed by atoms with Crippen molar-refractivity contribution in [2.45, 2.75) is 19.4 Å². The fourth-order valence-electron chi connectivity index (χ4n) is 1.79. The highest BCUT2D eigenvalue weighted by atomic mass is 16.5. The first-order chi connectivity index (χ1) is 8.76. The molecule has 0 aromatic rings. The van der Waals surface area contributed by atoms with Crippen molar-refractivity contribution in [3.63, 3.8) is 0 Å². The summed E-state index contributed by atoms with van der Waals surface area (Å²) in [7, 11) is 5.21. The van der Waals surface area contributed by atoms with Gasteiger partial charge in [0.05, 0.1) is 13.2 Å². The smallest absolute Gasteiger partial charge is 0.0589 e. The van der Waals surface area contributed by atoms with Crippen LogP contribution in [0.1, 0.15) is 13.3 Å². The van der Waals surface area contributed by atoms with Crippen molar-refractivity contribution in [2.24, 2.45) is 0 Å². The van der Waals surface area contributed by atoms with E-state index in [9.17, 15) is 0 Å². The average Bonchev–Trinajstić information content (AvgIpc) is 2.38. The van der Waals surface area contributed by atoms with Gasteiger partial charge in [-0.2, -0.15) is 0 Å². The Kier molecular flexibility index (Phi) is 13.1. The van der Waals surface area contributed by atoms with Crippen molar-refractivity contribution in [2.75, 3.05) is 67.3 Å². The molecule has 1 N–H and O–H groups in total. The second-order valence-electron chi connectivity index (χ2n) is 4.42. The Morgan fingerprint density at radius 1 is 0.944 bits per heavy atom. The molecule has 1 atom stereocenters. The summed E-state index contributed by atoms with van der Waals surface area (Å²) in [6.07, 6.45) is 1.06. The summed E-state index contributed by atoms with van der Waals surface area (Å²) in [6, 6.07) is 0.494. The van der Waals surface area contributed by atoms with Gasteiger partial charge in [0, 0.05) is 60.2 Å². The molecule has 0 saturated carbocycles. The van der Waals surface area contributed by atoms with Crippen molar-refractivity contribution >= 4 is 0 Å². The first kappa shape index (κ1) is 17.8. The molecule has 0 bridgehead atoms. The number of nitrogens with one attached hydrogen (secondary N) is 1. The van der Waals surface area contributed by atoms with Crippen LogP contribution in [0.2, 0.25) is 0 Å². The summed E-state index contributed by atoms with van der Waals surface area (Å²) in [5.41, 5.74) is 0. The lowest BCUT2D eigenvalue weighted by Gasteiger charge is -2.29. The molecule has 18 heavy (non-hydrogen) atoms. The second-order valence-corrected chi connectivity index (χ2v) is 4.42. The Morgan fingerprint density at radius 3 is 2.22 bits per heavy atom. The van der Waals surface area contributed by atoms with Crippen LogP contribution in [0, 0.1) is 0 Å². The molecule has 0 fully saturated rings. The van der Waals surface area contributed by atoms with E-state index in [-0.39, 0.29) is 0 Å². The predicted octanol–water partition coefficient (Wildman–Crippen LogP) is 0.596. The summed E-state index contributed by atoms with van der Waals surface area (Å²) in [5.74, 6) is 0. The minimum atomic E-state index is 0.494. The third-order valence-corrected chi connectivity index (χ3v) is 2.92. The normalized spacial score (nSPS) is 13.2. The number of ether oxygens (including phenoxy) is 3. The molecule has 0 saturated heterocycles. The third-order valence-electron chi connectivity index (χ3n) is 2.92. The second kappa shape index (κ2) is 13.2. The summed E-state index contributed by atoms with van der Waals surface area (Å²) >= 11 is 0. The number of hydrogen-bond acceptors (Lipinski definition) is 5. The monoisotopic (exact) mass is 262 g/mol. The van der Waals surface area contributed by atoms with Crippen LogP contribution in [-0.4, -0.2) is 78.3 Å². The minimum Gasteiger partial charge on any atom is -0.385 e. The van der Waals surface area contributed by atoms with E-state index in [1.807, 2.05) is 0 Å². The lowest BCUT2D eigenvalue weighted by atomic mass is 10.2. The Bertz CT molecular complexity index is 170. The molecule has 0 aliphatic carbocycles. The SMILES string of the molecule is COCCCN(CCOC)C(C)CNCCOC. The minimum absolute atomic E-state index is 0.494. The lowest BCUT2D eigenvalue weighted by Crippen LogP contribution is -2.43. The van der Waals surface area contributed by atoms with Crippen LogP contribution in [0.15, 0.2) is 0 Å². The Hall–Kier alpha value is -0.200. The molecule has 0 radical (unpaired) electrons. The maximum absolute atomic E-state index is 5.16. The van der Waals surface area contributed by atoms with Gasteiger partial charge < -0.3 is 19.5 Å². The maximum Gasteiger partial charge on any atom is 0.0589 e. The molecule has 1 unspecified atom stereocenters. The largest absolute Gasteiger partial charge is 0.385 e. The predicted molar refractivity (Wildman–Crippen MR) is 74.1 cm³/mol. The van der Waals surface area contributed by atoms with Crippen molar-refractivity contribution < 1.29 is 14.2 Å². The van der Waals surface area contributed by atoms with Gasteiger partial charge in [0.15, 0.2) is 0 Å². The number of methoxy groups -OCH3 is 3. The highest BCUT2D eigenvalue weighted by Gasteiger charge is 2.12. The molecule has 0 aromatic heterocycles. The van der Waals surface area contributed by atoms with Crippen LogP contribution >= 0.6 is 0 Å². The van der Waals surface area contributed by atoms with Gasteiger partial charge in [0.2, 0.25) is 0 Å². The summed E-state index contributed by atoms with van der Waals surface area (Å²) in [5, 5.41) is 3.39. The van der Waals surface area contributed by atoms with E-state index in [0.29, 0.717) is 6.04 Å². The first-order valence-corrected chi connectivity index (χ1v) is 6.67. The maximum atomic E-state index is 5.16. The van der Waals surface area contributed by atoms with Crippen molar-refractivity contribution in [3.8, 4) is 0 Å². The zero-order valence-corrected chi connectivity index (χ0v) is 12.4. The summed E-state index contributed by atoms with van der Waals surface area (Å²) in [6.45, 7) is 8.47. The fourth-order valence-corrected chi connectivity index (χ4v) is 1.79. The fraction of sp³-hybridized carbons (Fsp3) is 1.00. The van der Waals surface area contributed by atoms with Gasteiger partial charge >= 0.3 is 0 Å². The van der Waals surface area contributed by atoms with E-state index in [0.717, 1.165) is 52.4 Å². The van der Waals surface area contributed by atoms with E-state index in [1.54, 1.807) is 21.3 Å². The van der Waals surface area contributed by atoms with Crippen molar-refractivity contribution in [1.29, 1.82) is 0 Å². The summed E-state index contributed by atoms with van der Waals surface area (Å²) in [4.78, 5) is 2.43. The Balaban J connectivity index is 3.84. The van der Waals surface area contributed by atoms with E-state index in [4.69, 9.17) is 14.2 Å². The number of hydrogen-bond donors (Lipinski definition) is 1. The van der Waals surface area contributed by atoms with Gasteiger partial charge in [-0.3, -0.25) is 4.90 Å². The van der Waals surface area contributed by atoms with E-state index >= 15 is 0 Å². The molecule has 110 valence electrons. The first-order valence-electron chi connectivity index (χ1n) is 6.67. The molecule has 0 rings (SSSR count). The molecule has 0 spiro atoms. The quantitative estimate of drug-likeness (QED) is 0.492. The van der Waals surface area contributed by atoms with Gasteiger partial charge in [0.25, 0.3) is 0 Å². The van der Waals surface area contributed by atoms with Crippen LogP contribution in [0.4, 0.5) is 0 Å². The molecule has 0 heterocycles. The molecule has 0 aliphatic heterocycles. The van der Waals surface area contributed by atoms with Crippen molar-refractivity contribution in [1.82, 2.24) is 10.2 Å². The standard InChI is InChI=1S/C13H30N2O3/c1-13(12-14-6-10-17-3)15(8-11-18-4)7-5-9-16-2/h13-14H,5-12H2,1-4H3. The molecular formula is C13H30N2O3. The topological polar surface area (TPSA) is 43.0 Å². The van der Waals surface area contributed by atoms with E-state index in [1.165, 1.54) is 0 Å². The zero-order valence-electron chi connectivity index (χ0n) is 12.4. The average molecular weight is 262 g/mol. The van der Waals surface area contributed by atoms with Crippen LogP contribution < -0.4 is 5.32 Å². The van der Waals surface area contributed by atoms with Gasteiger partial charge in [-0.25, -0.2) is 0 Å². The molecular weight excluding hydrogens is 232 g/mol. The molecule has 0 aromatic carbocycles. The lowest BCUT2D eigenvalue weighted by molar-refractivity contribution is 0.109. The van der Waals surface area contributed by atoms with Crippen LogP contribution in [0.25, 0.3) is 0 Å². The van der Waals surface area contributed by atoms with Gasteiger partial charge in [-0.15, -0.1) is 0 Å². The zero-order chi connectivity index (χ0) is 13.6. The Morgan fingerprint density at radius 2 is 1.61 bits per heavy atom. The highest BCUT2D eigenvalue weighted by molar-refractivity contribution is 4.69. The van der Waals surface area contributed by atoms with Crippen LogP contribution in [0.5, 0.6) is 0 Å². The van der Waals surface area contributed by atoms with E-state index < -0.39 is 0 Å². The molecule has 0 aliphatic rings. The number of nitrogens with zero attached hydrogens (tertiary/aromatic N) is 1. The highest BCUT2D eigenvalue weighted by Crippen LogP contribution is 2.00. The van der Waals surface area contributed by atoms with Gasteiger partial charge in [-0.1, -0.05) is 0 Å². The third kappa shape index (κ3) is 9.79. The molecule has 5 heteroatoms. The van der Waals surface area contributed by atoms with Crippen LogP contribution in [-0.2, 0) is 14.2 Å². The number of rotatable bonds is 13. The summed E-state index contributed by atoms with van der Waals surface area (Å²) < 4.78 is 15.3. The van der Waals surface area contributed by atoms with Gasteiger partial charge in [-0.05, 0) is 13.3 Å². The Labute approximate surface area is 112 Å². The molecule has 0 amide bonds. The van der Waals surface area contributed by atoms with Crippen molar-refractivity contribution in [3.05, 3.63) is 0 Å². The molecule has 5 nitrogen and oxygen atoms in total. The van der Waals surface area contributed by atoms with E-state index in [2.05, 4.69) is 17.1 Å². The van der Waals surface area contributed by atoms with Gasteiger partial charge in [0.1, 0.15) is 0 Å². The van der Waals surface area contributed by atoms with Crippen LogP contribution in [0.3, 0.4) is 0 Å².